The molecule has 1 aliphatic rings. The molecule has 1 aliphatic heterocycles. The molecular formula is C14H19FN2O3. The number of anilines is 1. The van der Waals surface area contributed by atoms with Crippen molar-refractivity contribution in [3.8, 4) is 5.75 Å². The van der Waals surface area contributed by atoms with Crippen molar-refractivity contribution in [1.82, 2.24) is 4.90 Å². The Morgan fingerprint density at radius 3 is 2.55 bits per heavy atom. The molecule has 1 saturated heterocycles. The van der Waals surface area contributed by atoms with E-state index in [-0.39, 0.29) is 5.82 Å². The first kappa shape index (κ1) is 14.6. The van der Waals surface area contributed by atoms with Crippen LogP contribution in [0.15, 0.2) is 18.2 Å². The molecule has 1 fully saturated rings. The molecule has 0 bridgehead atoms. The predicted molar refractivity (Wildman–Crippen MR) is 73.8 cm³/mol. The molecule has 5 nitrogen and oxygen atoms in total. The first-order valence-electron chi connectivity index (χ1n) is 6.58. The highest BCUT2D eigenvalue weighted by Crippen LogP contribution is 2.29. The van der Waals surface area contributed by atoms with Gasteiger partial charge in [0.25, 0.3) is 0 Å². The van der Waals surface area contributed by atoms with Crippen LogP contribution in [0.5, 0.6) is 5.75 Å². The fraction of sp³-hybridized carbons (Fsp3) is 0.500. The van der Waals surface area contributed by atoms with Crippen LogP contribution in [-0.2, 0) is 4.79 Å². The summed E-state index contributed by atoms with van der Waals surface area (Å²) in [6.45, 7) is 4.40. The van der Waals surface area contributed by atoms with E-state index in [0.29, 0.717) is 31.9 Å². The maximum Gasteiger partial charge on any atom is 0.320 e. The minimum absolute atomic E-state index is 0.330. The van der Waals surface area contributed by atoms with Crippen LogP contribution < -0.4 is 9.64 Å². The maximum absolute atomic E-state index is 13.2. The Bertz CT molecular complexity index is 487. The van der Waals surface area contributed by atoms with E-state index in [1.165, 1.54) is 19.2 Å². The molecule has 0 aliphatic carbocycles. The molecule has 2 rings (SSSR count). The number of hydrogen-bond donors (Lipinski definition) is 1. The van der Waals surface area contributed by atoms with Crippen molar-refractivity contribution < 1.29 is 19.0 Å². The summed E-state index contributed by atoms with van der Waals surface area (Å²) in [5, 5.41) is 9.01. The standard InChI is InChI=1S/C14H19FN2O3/c1-10(14(18)19)16-5-7-17(8-6-16)12-4-3-11(15)9-13(12)20-2/h3-4,9-10H,5-8H2,1-2H3,(H,18,19)/t10-/m1/s1. The topological polar surface area (TPSA) is 53.0 Å². The fourth-order valence-corrected chi connectivity index (χ4v) is 2.42. The summed E-state index contributed by atoms with van der Waals surface area (Å²) in [6, 6.07) is 3.99. The number of piperazine rings is 1. The Balaban J connectivity index is 2.05. The number of aliphatic carboxylic acids is 1. The summed E-state index contributed by atoms with van der Waals surface area (Å²) in [5.74, 6) is -0.633. The van der Waals surface area contributed by atoms with Crippen molar-refractivity contribution in [2.75, 3.05) is 38.2 Å². The SMILES string of the molecule is COc1cc(F)ccc1N1CCN([C@H](C)C(=O)O)CC1. The van der Waals surface area contributed by atoms with Gasteiger partial charge in [-0.25, -0.2) is 4.39 Å². The number of methoxy groups -OCH3 is 1. The molecule has 0 saturated carbocycles. The second-order valence-electron chi connectivity index (χ2n) is 4.85. The fourth-order valence-electron chi connectivity index (χ4n) is 2.42. The van der Waals surface area contributed by atoms with Crippen molar-refractivity contribution in [2.45, 2.75) is 13.0 Å². The summed E-state index contributed by atoms with van der Waals surface area (Å²) < 4.78 is 18.4. The zero-order chi connectivity index (χ0) is 14.7. The summed E-state index contributed by atoms with van der Waals surface area (Å²) in [6.07, 6.45) is 0. The molecule has 0 spiro atoms. The second-order valence-corrected chi connectivity index (χ2v) is 4.85. The van der Waals surface area contributed by atoms with E-state index in [1.807, 2.05) is 4.90 Å². The van der Waals surface area contributed by atoms with Gasteiger partial charge in [0.15, 0.2) is 0 Å². The minimum atomic E-state index is -0.808. The van der Waals surface area contributed by atoms with Gasteiger partial charge in [-0.05, 0) is 19.1 Å². The number of hydrogen-bond acceptors (Lipinski definition) is 4. The number of carbonyl (C=O) groups is 1. The smallest absolute Gasteiger partial charge is 0.320 e. The van der Waals surface area contributed by atoms with Crippen LogP contribution in [0.3, 0.4) is 0 Å². The van der Waals surface area contributed by atoms with Crippen molar-refractivity contribution in [3.63, 3.8) is 0 Å². The highest BCUT2D eigenvalue weighted by molar-refractivity contribution is 5.73. The molecule has 6 heteroatoms. The molecular weight excluding hydrogens is 263 g/mol. The first-order valence-corrected chi connectivity index (χ1v) is 6.58. The van der Waals surface area contributed by atoms with E-state index < -0.39 is 12.0 Å². The van der Waals surface area contributed by atoms with Gasteiger partial charge in [0.05, 0.1) is 12.8 Å². The van der Waals surface area contributed by atoms with Gasteiger partial charge in [0.2, 0.25) is 0 Å². The summed E-state index contributed by atoms with van der Waals surface area (Å²) in [7, 11) is 1.51. The van der Waals surface area contributed by atoms with Crippen molar-refractivity contribution in [2.24, 2.45) is 0 Å². The van der Waals surface area contributed by atoms with Gasteiger partial charge >= 0.3 is 5.97 Å². The lowest BCUT2D eigenvalue weighted by Crippen LogP contribution is -2.51. The van der Waals surface area contributed by atoms with Gasteiger partial charge in [-0.2, -0.15) is 0 Å². The van der Waals surface area contributed by atoms with Gasteiger partial charge in [-0.15, -0.1) is 0 Å². The number of carboxylic acids is 1. The van der Waals surface area contributed by atoms with Crippen molar-refractivity contribution in [3.05, 3.63) is 24.0 Å². The zero-order valence-corrected chi connectivity index (χ0v) is 11.7. The van der Waals surface area contributed by atoms with Crippen LogP contribution in [0.25, 0.3) is 0 Å². The van der Waals surface area contributed by atoms with Crippen molar-refractivity contribution in [1.29, 1.82) is 0 Å². The van der Waals surface area contributed by atoms with E-state index in [2.05, 4.69) is 4.90 Å². The van der Waals surface area contributed by atoms with Crippen LogP contribution in [-0.4, -0.2) is 55.3 Å². The average Bonchev–Trinajstić information content (AvgIpc) is 2.46. The summed E-state index contributed by atoms with van der Waals surface area (Å²) >= 11 is 0. The lowest BCUT2D eigenvalue weighted by Gasteiger charge is -2.38. The van der Waals surface area contributed by atoms with Gasteiger partial charge in [0.1, 0.15) is 17.6 Å². The van der Waals surface area contributed by atoms with Crippen molar-refractivity contribution >= 4 is 11.7 Å². The highest BCUT2D eigenvalue weighted by Gasteiger charge is 2.26. The van der Waals surface area contributed by atoms with Gasteiger partial charge in [-0.3, -0.25) is 9.69 Å². The zero-order valence-electron chi connectivity index (χ0n) is 11.7. The van der Waals surface area contributed by atoms with E-state index >= 15 is 0 Å². The number of rotatable bonds is 4. The third-order valence-electron chi connectivity index (χ3n) is 3.70. The Morgan fingerprint density at radius 1 is 1.35 bits per heavy atom. The third kappa shape index (κ3) is 3.01. The lowest BCUT2D eigenvalue weighted by molar-refractivity contribution is -0.142. The largest absolute Gasteiger partial charge is 0.494 e. The third-order valence-corrected chi connectivity index (χ3v) is 3.70. The Morgan fingerprint density at radius 2 is 2.00 bits per heavy atom. The number of halogens is 1. The Hall–Kier alpha value is -1.82. The molecule has 1 heterocycles. The quantitative estimate of drug-likeness (QED) is 0.905. The minimum Gasteiger partial charge on any atom is -0.494 e. The normalized spacial score (nSPS) is 17.9. The van der Waals surface area contributed by atoms with E-state index in [4.69, 9.17) is 9.84 Å². The molecule has 0 amide bonds. The molecule has 20 heavy (non-hydrogen) atoms. The van der Waals surface area contributed by atoms with Crippen LogP contribution in [0.2, 0.25) is 0 Å². The predicted octanol–water partition coefficient (Wildman–Crippen LogP) is 1.43. The summed E-state index contributed by atoms with van der Waals surface area (Å²) in [5.41, 5.74) is 0.844. The van der Waals surface area contributed by atoms with E-state index in [0.717, 1.165) is 5.69 Å². The highest BCUT2D eigenvalue weighted by atomic mass is 19.1. The average molecular weight is 282 g/mol. The van der Waals surface area contributed by atoms with Gasteiger partial charge < -0.3 is 14.7 Å². The molecule has 1 aromatic carbocycles. The first-order chi connectivity index (χ1) is 9.52. The van der Waals surface area contributed by atoms with Gasteiger partial charge in [-0.1, -0.05) is 0 Å². The molecule has 1 atom stereocenters. The second kappa shape index (κ2) is 6.09. The van der Waals surface area contributed by atoms with E-state index in [9.17, 15) is 9.18 Å². The monoisotopic (exact) mass is 282 g/mol. The molecule has 0 unspecified atom stereocenters. The lowest BCUT2D eigenvalue weighted by atomic mass is 10.2. The number of benzene rings is 1. The van der Waals surface area contributed by atoms with Crippen LogP contribution >= 0.6 is 0 Å². The maximum atomic E-state index is 13.2. The number of ether oxygens (including phenoxy) is 1. The van der Waals surface area contributed by atoms with Crippen LogP contribution in [0.1, 0.15) is 6.92 Å². The molecule has 0 aromatic heterocycles. The molecule has 1 N–H and O–H groups in total. The van der Waals surface area contributed by atoms with E-state index in [1.54, 1.807) is 13.0 Å². The molecule has 1 aromatic rings. The Kier molecular flexibility index (Phi) is 4.44. The number of nitrogens with zero attached hydrogens (tertiary/aromatic N) is 2. The van der Waals surface area contributed by atoms with Gasteiger partial charge in [0, 0.05) is 32.2 Å². The summed E-state index contributed by atoms with van der Waals surface area (Å²) in [4.78, 5) is 15.0. The Labute approximate surface area is 117 Å². The molecule has 110 valence electrons. The van der Waals surface area contributed by atoms with Crippen LogP contribution in [0.4, 0.5) is 10.1 Å². The molecule has 0 radical (unpaired) electrons. The number of carboxylic acid groups (broad SMARTS) is 1. The van der Waals surface area contributed by atoms with Crippen LogP contribution in [0, 0.1) is 5.82 Å².